The Morgan fingerprint density at radius 3 is 2.76 bits per heavy atom. The monoisotopic (exact) mass is 249 g/mol. The van der Waals surface area contributed by atoms with Gasteiger partial charge in [-0.15, -0.1) is 0 Å². The van der Waals surface area contributed by atoms with Gasteiger partial charge in [-0.25, -0.2) is 4.39 Å². The van der Waals surface area contributed by atoms with Crippen LogP contribution in [0.25, 0.3) is 0 Å². The highest BCUT2D eigenvalue weighted by atomic mass is 32.1. The molecule has 0 aliphatic carbocycles. The molecule has 1 heterocycles. The van der Waals surface area contributed by atoms with E-state index in [9.17, 15) is 4.39 Å². The van der Waals surface area contributed by atoms with Crippen molar-refractivity contribution in [2.75, 3.05) is 0 Å². The molecule has 3 heteroatoms. The third-order valence-corrected chi connectivity index (χ3v) is 3.60. The molecule has 0 radical (unpaired) electrons. The van der Waals surface area contributed by atoms with Crippen LogP contribution < -0.4 is 5.73 Å². The number of hydrogen-bond acceptors (Lipinski definition) is 2. The maximum atomic E-state index is 13.0. The zero-order valence-electron chi connectivity index (χ0n) is 9.82. The summed E-state index contributed by atoms with van der Waals surface area (Å²) in [5, 5.41) is 4.18. The second kappa shape index (κ2) is 5.43. The molecule has 17 heavy (non-hydrogen) atoms. The zero-order valence-corrected chi connectivity index (χ0v) is 10.6. The highest BCUT2D eigenvalue weighted by Crippen LogP contribution is 2.14. The molecular formula is C14H16FNS. The van der Waals surface area contributed by atoms with Crippen molar-refractivity contribution in [2.45, 2.75) is 25.8 Å². The first kappa shape index (κ1) is 12.3. The molecule has 2 aromatic rings. The Kier molecular flexibility index (Phi) is 3.92. The number of nitrogens with two attached hydrogens (primary N) is 1. The maximum absolute atomic E-state index is 13.0. The third-order valence-electron chi connectivity index (χ3n) is 2.86. The van der Waals surface area contributed by atoms with Gasteiger partial charge in [0.2, 0.25) is 0 Å². The van der Waals surface area contributed by atoms with E-state index in [0.717, 1.165) is 24.0 Å². The lowest BCUT2D eigenvalue weighted by molar-refractivity contribution is 0.621. The van der Waals surface area contributed by atoms with Gasteiger partial charge in [-0.3, -0.25) is 0 Å². The molecule has 0 spiro atoms. The largest absolute Gasteiger partial charge is 0.327 e. The van der Waals surface area contributed by atoms with Crippen LogP contribution in [0.4, 0.5) is 4.39 Å². The molecule has 1 aromatic carbocycles. The summed E-state index contributed by atoms with van der Waals surface area (Å²) >= 11 is 1.69. The molecule has 0 saturated carbocycles. The lowest BCUT2D eigenvalue weighted by Crippen LogP contribution is -2.25. The normalized spacial score (nSPS) is 12.6. The number of aryl methyl sites for hydroxylation is 1. The summed E-state index contributed by atoms with van der Waals surface area (Å²) in [6, 6.07) is 7.08. The zero-order chi connectivity index (χ0) is 12.3. The Morgan fingerprint density at radius 2 is 2.12 bits per heavy atom. The summed E-state index contributed by atoms with van der Waals surface area (Å²) in [6.07, 6.45) is 1.67. The van der Waals surface area contributed by atoms with Gasteiger partial charge in [-0.05, 0) is 65.4 Å². The van der Waals surface area contributed by atoms with Gasteiger partial charge in [0.25, 0.3) is 0 Å². The molecule has 1 nitrogen and oxygen atoms in total. The van der Waals surface area contributed by atoms with Crippen molar-refractivity contribution in [2.24, 2.45) is 5.73 Å². The van der Waals surface area contributed by atoms with Crippen molar-refractivity contribution >= 4 is 11.3 Å². The number of benzene rings is 1. The van der Waals surface area contributed by atoms with Crippen molar-refractivity contribution < 1.29 is 4.39 Å². The van der Waals surface area contributed by atoms with E-state index in [2.05, 4.69) is 16.8 Å². The Labute approximate surface area is 105 Å². The second-order valence-electron chi connectivity index (χ2n) is 4.37. The molecule has 0 aliphatic heterocycles. The molecule has 2 rings (SSSR count). The summed E-state index contributed by atoms with van der Waals surface area (Å²) in [6.45, 7) is 1.93. The van der Waals surface area contributed by atoms with Gasteiger partial charge < -0.3 is 5.73 Å². The molecule has 0 saturated heterocycles. The van der Waals surface area contributed by atoms with Crippen molar-refractivity contribution in [3.63, 3.8) is 0 Å². The minimum Gasteiger partial charge on any atom is -0.327 e. The standard InChI is InChI=1S/C14H16FNS/c1-10-6-13(15)3-2-12(10)8-14(16)7-11-4-5-17-9-11/h2-6,9,14H,7-8,16H2,1H3. The van der Waals surface area contributed by atoms with Gasteiger partial charge in [-0.1, -0.05) is 6.07 Å². The Hall–Kier alpha value is -1.19. The molecule has 0 aliphatic rings. The van der Waals surface area contributed by atoms with E-state index in [1.807, 2.05) is 13.0 Å². The smallest absolute Gasteiger partial charge is 0.123 e. The lowest BCUT2D eigenvalue weighted by atomic mass is 9.98. The summed E-state index contributed by atoms with van der Waals surface area (Å²) in [5.74, 6) is -0.183. The first-order valence-corrected chi connectivity index (χ1v) is 6.61. The minimum atomic E-state index is -0.183. The van der Waals surface area contributed by atoms with Crippen LogP contribution in [0.1, 0.15) is 16.7 Å². The summed E-state index contributed by atoms with van der Waals surface area (Å²) in [4.78, 5) is 0. The van der Waals surface area contributed by atoms with E-state index in [0.29, 0.717) is 0 Å². The molecule has 1 aromatic heterocycles. The average Bonchev–Trinajstić information content (AvgIpc) is 2.75. The second-order valence-corrected chi connectivity index (χ2v) is 5.15. The highest BCUT2D eigenvalue weighted by Gasteiger charge is 2.08. The van der Waals surface area contributed by atoms with E-state index in [1.165, 1.54) is 11.6 Å². The predicted octanol–water partition coefficient (Wildman–Crippen LogP) is 3.31. The van der Waals surface area contributed by atoms with E-state index in [4.69, 9.17) is 5.73 Å². The van der Waals surface area contributed by atoms with E-state index in [1.54, 1.807) is 17.4 Å². The van der Waals surface area contributed by atoms with Crippen molar-refractivity contribution in [3.05, 3.63) is 57.5 Å². The molecule has 0 bridgehead atoms. The Morgan fingerprint density at radius 1 is 1.29 bits per heavy atom. The van der Waals surface area contributed by atoms with Gasteiger partial charge in [0.1, 0.15) is 5.82 Å². The van der Waals surface area contributed by atoms with Crippen LogP contribution in [0.5, 0.6) is 0 Å². The fourth-order valence-corrected chi connectivity index (χ4v) is 2.64. The van der Waals surface area contributed by atoms with Gasteiger partial charge in [-0.2, -0.15) is 11.3 Å². The molecule has 90 valence electrons. The molecular weight excluding hydrogens is 233 g/mol. The molecule has 0 amide bonds. The molecule has 1 unspecified atom stereocenters. The van der Waals surface area contributed by atoms with Gasteiger partial charge >= 0.3 is 0 Å². The van der Waals surface area contributed by atoms with Crippen LogP contribution in [0.3, 0.4) is 0 Å². The quantitative estimate of drug-likeness (QED) is 0.884. The summed E-state index contributed by atoms with van der Waals surface area (Å²) in [7, 11) is 0. The van der Waals surface area contributed by atoms with Gasteiger partial charge in [0.05, 0.1) is 0 Å². The fourth-order valence-electron chi connectivity index (χ4n) is 1.95. The molecule has 0 fully saturated rings. The topological polar surface area (TPSA) is 26.0 Å². The van der Waals surface area contributed by atoms with Crippen LogP contribution >= 0.6 is 11.3 Å². The fraction of sp³-hybridized carbons (Fsp3) is 0.286. The van der Waals surface area contributed by atoms with Gasteiger partial charge in [0.15, 0.2) is 0 Å². The third kappa shape index (κ3) is 3.38. The summed E-state index contributed by atoms with van der Waals surface area (Å²) in [5.41, 5.74) is 9.51. The lowest BCUT2D eigenvalue weighted by Gasteiger charge is -2.12. The molecule has 2 N–H and O–H groups in total. The average molecular weight is 249 g/mol. The number of rotatable bonds is 4. The van der Waals surface area contributed by atoms with Crippen molar-refractivity contribution in [3.8, 4) is 0 Å². The minimum absolute atomic E-state index is 0.0914. The van der Waals surface area contributed by atoms with Crippen LogP contribution in [-0.2, 0) is 12.8 Å². The number of thiophene rings is 1. The Bertz CT molecular complexity index is 479. The van der Waals surface area contributed by atoms with Crippen LogP contribution in [-0.4, -0.2) is 6.04 Å². The van der Waals surface area contributed by atoms with Crippen LogP contribution in [0.15, 0.2) is 35.0 Å². The Balaban J connectivity index is 2.00. The highest BCUT2D eigenvalue weighted by molar-refractivity contribution is 7.07. The van der Waals surface area contributed by atoms with E-state index in [-0.39, 0.29) is 11.9 Å². The van der Waals surface area contributed by atoms with E-state index >= 15 is 0 Å². The first-order valence-electron chi connectivity index (χ1n) is 5.67. The SMILES string of the molecule is Cc1cc(F)ccc1CC(N)Cc1ccsc1. The first-order chi connectivity index (χ1) is 8.15. The van der Waals surface area contributed by atoms with Crippen LogP contribution in [0, 0.1) is 12.7 Å². The predicted molar refractivity (Wildman–Crippen MR) is 70.8 cm³/mol. The van der Waals surface area contributed by atoms with Crippen LogP contribution in [0.2, 0.25) is 0 Å². The van der Waals surface area contributed by atoms with Crippen molar-refractivity contribution in [1.29, 1.82) is 0 Å². The molecule has 1 atom stereocenters. The summed E-state index contributed by atoms with van der Waals surface area (Å²) < 4.78 is 13.0. The van der Waals surface area contributed by atoms with E-state index < -0.39 is 0 Å². The number of halogens is 1. The van der Waals surface area contributed by atoms with Crippen molar-refractivity contribution in [1.82, 2.24) is 0 Å². The maximum Gasteiger partial charge on any atom is 0.123 e. The number of hydrogen-bond donors (Lipinski definition) is 1. The van der Waals surface area contributed by atoms with Gasteiger partial charge in [0, 0.05) is 6.04 Å².